The first kappa shape index (κ1) is 10.8. The van der Waals surface area contributed by atoms with Crippen molar-refractivity contribution in [3.63, 3.8) is 0 Å². The standard InChI is InChI=1S/C14H17FN2/c1-9-4-12-6-13(15)11(7-14(12)17-9)5-10-2-3-16-8-10/h4,6-7,10,16-17H,2-3,5,8H2,1H3. The number of aromatic nitrogens is 1. The van der Waals surface area contributed by atoms with Gasteiger partial charge in [-0.1, -0.05) is 0 Å². The largest absolute Gasteiger partial charge is 0.359 e. The molecule has 2 aromatic rings. The second kappa shape index (κ2) is 4.15. The Morgan fingerprint density at radius 2 is 2.24 bits per heavy atom. The Morgan fingerprint density at radius 3 is 3.00 bits per heavy atom. The van der Waals surface area contributed by atoms with E-state index in [1.54, 1.807) is 6.07 Å². The molecule has 2 N–H and O–H groups in total. The SMILES string of the molecule is Cc1cc2cc(F)c(CC3CCNC3)cc2[nH]1. The van der Waals surface area contributed by atoms with Crippen LogP contribution in [0.5, 0.6) is 0 Å². The molecule has 17 heavy (non-hydrogen) atoms. The molecule has 0 amide bonds. The van der Waals surface area contributed by atoms with Crippen molar-refractivity contribution in [3.8, 4) is 0 Å². The zero-order chi connectivity index (χ0) is 11.8. The van der Waals surface area contributed by atoms with Crippen LogP contribution in [0.15, 0.2) is 18.2 Å². The molecule has 2 heterocycles. The van der Waals surface area contributed by atoms with Gasteiger partial charge in [-0.05, 0) is 62.5 Å². The quantitative estimate of drug-likeness (QED) is 0.818. The number of rotatable bonds is 2. The van der Waals surface area contributed by atoms with Gasteiger partial charge in [0.1, 0.15) is 5.82 Å². The number of fused-ring (bicyclic) bond motifs is 1. The minimum Gasteiger partial charge on any atom is -0.359 e. The van der Waals surface area contributed by atoms with Crippen molar-refractivity contribution < 1.29 is 4.39 Å². The highest BCUT2D eigenvalue weighted by atomic mass is 19.1. The molecule has 0 bridgehead atoms. The molecule has 0 aliphatic carbocycles. The third-order valence-electron chi connectivity index (χ3n) is 3.59. The molecule has 1 aromatic heterocycles. The highest BCUT2D eigenvalue weighted by Gasteiger charge is 2.17. The average molecular weight is 232 g/mol. The molecule has 0 saturated carbocycles. The second-order valence-electron chi connectivity index (χ2n) is 5.05. The summed E-state index contributed by atoms with van der Waals surface area (Å²) in [5, 5.41) is 4.29. The van der Waals surface area contributed by atoms with Gasteiger partial charge in [-0.2, -0.15) is 0 Å². The lowest BCUT2D eigenvalue weighted by Gasteiger charge is -2.09. The summed E-state index contributed by atoms with van der Waals surface area (Å²) in [6.45, 7) is 4.08. The summed E-state index contributed by atoms with van der Waals surface area (Å²) in [7, 11) is 0. The fraction of sp³-hybridized carbons (Fsp3) is 0.429. The van der Waals surface area contributed by atoms with E-state index in [0.29, 0.717) is 5.92 Å². The van der Waals surface area contributed by atoms with Crippen LogP contribution >= 0.6 is 0 Å². The van der Waals surface area contributed by atoms with Crippen molar-refractivity contribution in [2.75, 3.05) is 13.1 Å². The second-order valence-corrected chi connectivity index (χ2v) is 5.05. The smallest absolute Gasteiger partial charge is 0.127 e. The molecule has 1 saturated heterocycles. The maximum absolute atomic E-state index is 13.9. The molecule has 3 heteroatoms. The summed E-state index contributed by atoms with van der Waals surface area (Å²) in [4.78, 5) is 3.27. The van der Waals surface area contributed by atoms with Crippen molar-refractivity contribution in [1.29, 1.82) is 0 Å². The van der Waals surface area contributed by atoms with Crippen LogP contribution in [0.25, 0.3) is 10.9 Å². The Morgan fingerprint density at radius 1 is 1.35 bits per heavy atom. The lowest BCUT2D eigenvalue weighted by molar-refractivity contribution is 0.545. The number of hydrogen-bond donors (Lipinski definition) is 2. The van der Waals surface area contributed by atoms with Crippen molar-refractivity contribution in [3.05, 3.63) is 35.3 Å². The van der Waals surface area contributed by atoms with E-state index in [-0.39, 0.29) is 5.82 Å². The third-order valence-corrected chi connectivity index (χ3v) is 3.59. The Labute approximate surface area is 100 Å². The zero-order valence-corrected chi connectivity index (χ0v) is 10.0. The first-order chi connectivity index (χ1) is 8.22. The first-order valence-electron chi connectivity index (χ1n) is 6.21. The van der Waals surface area contributed by atoms with Gasteiger partial charge in [-0.15, -0.1) is 0 Å². The highest BCUT2D eigenvalue weighted by Crippen LogP contribution is 2.23. The molecule has 1 fully saturated rings. The van der Waals surface area contributed by atoms with E-state index in [2.05, 4.69) is 10.3 Å². The molecule has 1 unspecified atom stereocenters. The summed E-state index contributed by atoms with van der Waals surface area (Å²) in [5.74, 6) is 0.515. The molecule has 1 aliphatic heterocycles. The molecule has 1 atom stereocenters. The predicted molar refractivity (Wildman–Crippen MR) is 67.7 cm³/mol. The minimum atomic E-state index is -0.0663. The van der Waals surface area contributed by atoms with Gasteiger partial charge in [0, 0.05) is 16.6 Å². The molecule has 1 aliphatic rings. The van der Waals surface area contributed by atoms with E-state index < -0.39 is 0 Å². The first-order valence-corrected chi connectivity index (χ1v) is 6.21. The molecular weight excluding hydrogens is 215 g/mol. The van der Waals surface area contributed by atoms with Crippen molar-refractivity contribution >= 4 is 10.9 Å². The van der Waals surface area contributed by atoms with Crippen LogP contribution in [-0.2, 0) is 6.42 Å². The van der Waals surface area contributed by atoms with Gasteiger partial charge in [0.25, 0.3) is 0 Å². The average Bonchev–Trinajstić information content (AvgIpc) is 2.87. The number of H-pyrrole nitrogens is 1. The van der Waals surface area contributed by atoms with Gasteiger partial charge < -0.3 is 10.3 Å². The van der Waals surface area contributed by atoms with Crippen LogP contribution in [0, 0.1) is 18.7 Å². The minimum absolute atomic E-state index is 0.0663. The van der Waals surface area contributed by atoms with E-state index in [1.807, 2.05) is 19.1 Å². The van der Waals surface area contributed by atoms with Crippen LogP contribution in [0.3, 0.4) is 0 Å². The third kappa shape index (κ3) is 2.07. The van der Waals surface area contributed by atoms with E-state index >= 15 is 0 Å². The number of hydrogen-bond acceptors (Lipinski definition) is 1. The van der Waals surface area contributed by atoms with Crippen LogP contribution < -0.4 is 5.32 Å². The molecule has 0 spiro atoms. The number of benzene rings is 1. The molecule has 1 aromatic carbocycles. The molecule has 0 radical (unpaired) electrons. The number of halogens is 1. The van der Waals surface area contributed by atoms with E-state index in [0.717, 1.165) is 48.1 Å². The zero-order valence-electron chi connectivity index (χ0n) is 10.0. The van der Waals surface area contributed by atoms with Gasteiger partial charge >= 0.3 is 0 Å². The summed E-state index contributed by atoms with van der Waals surface area (Å²) in [6, 6.07) is 5.60. The van der Waals surface area contributed by atoms with Gasteiger partial charge in [0.2, 0.25) is 0 Å². The van der Waals surface area contributed by atoms with Gasteiger partial charge in [-0.25, -0.2) is 4.39 Å². The summed E-state index contributed by atoms with van der Waals surface area (Å²) in [6.07, 6.45) is 1.99. The number of nitrogens with one attached hydrogen (secondary N) is 2. The van der Waals surface area contributed by atoms with E-state index in [4.69, 9.17) is 0 Å². The maximum atomic E-state index is 13.9. The topological polar surface area (TPSA) is 27.8 Å². The van der Waals surface area contributed by atoms with E-state index in [9.17, 15) is 4.39 Å². The Balaban J connectivity index is 1.94. The van der Waals surface area contributed by atoms with Crippen LogP contribution in [-0.4, -0.2) is 18.1 Å². The van der Waals surface area contributed by atoms with Crippen LogP contribution in [0.4, 0.5) is 4.39 Å². The fourth-order valence-corrected chi connectivity index (χ4v) is 2.70. The summed E-state index contributed by atoms with van der Waals surface area (Å²) < 4.78 is 13.9. The molecule has 2 nitrogen and oxygen atoms in total. The van der Waals surface area contributed by atoms with Gasteiger partial charge in [-0.3, -0.25) is 0 Å². The number of aromatic amines is 1. The number of aryl methyl sites for hydroxylation is 1. The predicted octanol–water partition coefficient (Wildman–Crippen LogP) is 2.77. The van der Waals surface area contributed by atoms with Crippen LogP contribution in [0.2, 0.25) is 0 Å². The van der Waals surface area contributed by atoms with Crippen molar-refractivity contribution in [1.82, 2.24) is 10.3 Å². The Bertz CT molecular complexity index is 538. The summed E-state index contributed by atoms with van der Waals surface area (Å²) >= 11 is 0. The van der Waals surface area contributed by atoms with Crippen molar-refractivity contribution in [2.24, 2.45) is 5.92 Å². The molecule has 3 rings (SSSR count). The Kier molecular flexibility index (Phi) is 2.63. The lowest BCUT2D eigenvalue weighted by atomic mass is 9.97. The van der Waals surface area contributed by atoms with Crippen LogP contribution in [0.1, 0.15) is 17.7 Å². The summed E-state index contributed by atoms with van der Waals surface area (Å²) in [5.41, 5.74) is 2.97. The van der Waals surface area contributed by atoms with Gasteiger partial charge in [0.15, 0.2) is 0 Å². The molecular formula is C14H17FN2. The van der Waals surface area contributed by atoms with Gasteiger partial charge in [0.05, 0.1) is 0 Å². The lowest BCUT2D eigenvalue weighted by Crippen LogP contribution is -2.11. The maximum Gasteiger partial charge on any atom is 0.127 e. The monoisotopic (exact) mass is 232 g/mol. The Hall–Kier alpha value is -1.35. The normalized spacial score (nSPS) is 20.2. The fourth-order valence-electron chi connectivity index (χ4n) is 2.70. The highest BCUT2D eigenvalue weighted by molar-refractivity contribution is 5.81. The molecule has 90 valence electrons. The van der Waals surface area contributed by atoms with E-state index in [1.165, 1.54) is 0 Å². The van der Waals surface area contributed by atoms with Crippen molar-refractivity contribution in [2.45, 2.75) is 19.8 Å².